The Morgan fingerprint density at radius 1 is 0.582 bits per heavy atom. The first-order chi connectivity index (χ1) is 52.2. The number of carboxylic acid groups (broad SMARTS) is 1. The van der Waals surface area contributed by atoms with Crippen molar-refractivity contribution in [2.45, 2.75) is 258 Å². The molecule has 636 valence electrons. The molecule has 9 N–H and O–H groups in total. The predicted octanol–water partition coefficient (Wildman–Crippen LogP) is 3.67. The zero-order chi connectivity index (χ0) is 83.6. The molecule has 1 aromatic carbocycles. The molecule has 1 saturated heterocycles. The molecule has 110 heavy (non-hydrogen) atoms. The number of aliphatic hydroxyl groups is 4. The van der Waals surface area contributed by atoms with E-state index in [4.69, 9.17) is 72.5 Å². The highest BCUT2D eigenvalue weighted by Gasteiger charge is 2.44. The molecular formula is C77H137N7O26. The highest BCUT2D eigenvalue weighted by Crippen LogP contribution is 2.30. The maximum Gasteiger partial charge on any atom is 0.328 e. The zero-order valence-electron chi connectivity index (χ0n) is 68.9. The summed E-state index contributed by atoms with van der Waals surface area (Å²) < 4.78 is 58.4. The second kappa shape index (κ2) is 59.2. The largest absolute Gasteiger partial charge is 0.481 e. The molecule has 0 aromatic heterocycles. The van der Waals surface area contributed by atoms with Crippen molar-refractivity contribution in [1.82, 2.24) is 36.0 Å². The van der Waals surface area contributed by atoms with Gasteiger partial charge >= 0.3 is 23.9 Å². The van der Waals surface area contributed by atoms with Gasteiger partial charge in [-0.1, -0.05) is 106 Å². The summed E-state index contributed by atoms with van der Waals surface area (Å²) in [5, 5.41) is 55.4. The SMILES string of the molecule is CCC(CO)OC(CO)OC.CCC(CO)OC(COC(=O)CCCC(=O)NC(C)C(=O)OCCCNC(=O)[C@H](Cc1ccccc1)NC(=O)[C@H](C)[C@@H](OC)[C@@H]1CCCN1C(=O)C[C@@H](OC)[C@H]([C@@H](C)CC)N(C)C(=O)[C@@H](NC(=O)[C@H](C(C)C)N(C)C)C(C)C)OC.CCC(CO)OC(COC(=O)CCCC(=O)O)OC. The number of methoxy groups -OCH3 is 5. The molecule has 6 amide bonds. The van der Waals surface area contributed by atoms with E-state index < -0.39 is 121 Å². The van der Waals surface area contributed by atoms with E-state index in [-0.39, 0.29) is 158 Å². The van der Waals surface area contributed by atoms with E-state index in [0.29, 0.717) is 45.1 Å². The van der Waals surface area contributed by atoms with Crippen LogP contribution in [0.3, 0.4) is 0 Å². The first-order valence-corrected chi connectivity index (χ1v) is 38.4. The Balaban J connectivity index is 0.00000327. The maximum absolute atomic E-state index is 14.5. The molecule has 33 heteroatoms. The predicted molar refractivity (Wildman–Crippen MR) is 407 cm³/mol. The molecule has 33 nitrogen and oxygen atoms in total. The molecule has 16 atom stereocenters. The summed E-state index contributed by atoms with van der Waals surface area (Å²) in [5.74, 6) is -5.92. The topological polar surface area (TPSA) is 431 Å². The summed E-state index contributed by atoms with van der Waals surface area (Å²) in [6.07, 6.45) is -0.322. The molecule has 7 unspecified atom stereocenters. The summed E-state index contributed by atoms with van der Waals surface area (Å²) in [7, 11) is 12.7. The Bertz CT molecular complexity index is 2720. The molecular weight excluding hydrogens is 1440 g/mol. The van der Waals surface area contributed by atoms with E-state index in [1.165, 1.54) is 42.5 Å². The molecule has 2 rings (SSSR count). The van der Waals surface area contributed by atoms with Gasteiger partial charge in [0.2, 0.25) is 35.4 Å². The van der Waals surface area contributed by atoms with Crippen molar-refractivity contribution in [2.24, 2.45) is 23.7 Å². The molecule has 0 saturated carbocycles. The van der Waals surface area contributed by atoms with Crippen LogP contribution in [0, 0.1) is 23.7 Å². The van der Waals surface area contributed by atoms with E-state index in [2.05, 4.69) is 21.3 Å². The van der Waals surface area contributed by atoms with Crippen molar-refractivity contribution >= 4 is 59.3 Å². The Labute approximate surface area is 652 Å². The first-order valence-electron chi connectivity index (χ1n) is 38.4. The molecule has 0 aliphatic carbocycles. The molecule has 1 fully saturated rings. The molecule has 0 bridgehead atoms. The number of carbonyl (C=O) groups excluding carboxylic acids is 9. The minimum Gasteiger partial charge on any atom is -0.481 e. The minimum atomic E-state index is -1.000. The summed E-state index contributed by atoms with van der Waals surface area (Å²) in [6, 6.07) is 4.97. The third-order valence-corrected chi connectivity index (χ3v) is 18.7. The zero-order valence-corrected chi connectivity index (χ0v) is 68.9. The number of carbonyl (C=O) groups is 10. The lowest BCUT2D eigenvalue weighted by atomic mass is 9.89. The van der Waals surface area contributed by atoms with Crippen LogP contribution >= 0.6 is 0 Å². The average molecular weight is 1580 g/mol. The van der Waals surface area contributed by atoms with Crippen LogP contribution in [0.4, 0.5) is 0 Å². The number of esters is 3. The van der Waals surface area contributed by atoms with Crippen molar-refractivity contribution in [2.75, 3.05) is 116 Å². The number of carboxylic acids is 1. The summed E-state index contributed by atoms with van der Waals surface area (Å²) >= 11 is 0. The van der Waals surface area contributed by atoms with E-state index in [1.54, 1.807) is 23.8 Å². The van der Waals surface area contributed by atoms with Crippen molar-refractivity contribution in [3.63, 3.8) is 0 Å². The summed E-state index contributed by atoms with van der Waals surface area (Å²) in [4.78, 5) is 135. The van der Waals surface area contributed by atoms with Gasteiger partial charge in [-0.3, -0.25) is 48.1 Å². The van der Waals surface area contributed by atoms with Gasteiger partial charge in [0, 0.05) is 87.8 Å². The fourth-order valence-electron chi connectivity index (χ4n) is 12.0. The monoisotopic (exact) mass is 1580 g/mol. The quantitative estimate of drug-likeness (QED) is 0.0194. The third-order valence-electron chi connectivity index (χ3n) is 18.7. The average Bonchev–Trinajstić information content (AvgIpc) is 1.51. The molecule has 0 spiro atoms. The van der Waals surface area contributed by atoms with Gasteiger partial charge in [-0.25, -0.2) is 4.79 Å². The number of rotatable bonds is 55. The van der Waals surface area contributed by atoms with Crippen LogP contribution in [0.1, 0.15) is 172 Å². The number of hydrogen-bond acceptors (Lipinski definition) is 26. The third kappa shape index (κ3) is 40.2. The highest BCUT2D eigenvalue weighted by atomic mass is 16.7. The lowest BCUT2D eigenvalue weighted by Crippen LogP contribution is -2.59. The lowest BCUT2D eigenvalue weighted by molar-refractivity contribution is -0.194. The molecule has 1 aliphatic heterocycles. The van der Waals surface area contributed by atoms with Crippen molar-refractivity contribution < 1.29 is 126 Å². The Morgan fingerprint density at radius 2 is 1.11 bits per heavy atom. The normalized spacial score (nSPS) is 16.9. The van der Waals surface area contributed by atoms with Gasteiger partial charge in [0.1, 0.15) is 31.3 Å². The van der Waals surface area contributed by atoms with E-state index in [0.717, 1.165) is 5.56 Å². The molecule has 1 aliphatic rings. The number of benzene rings is 1. The number of likely N-dealkylation sites (N-methyl/N-ethyl adjacent to an activating group) is 2. The smallest absolute Gasteiger partial charge is 0.328 e. The van der Waals surface area contributed by atoms with Gasteiger partial charge < -0.3 is 109 Å². The van der Waals surface area contributed by atoms with Crippen LogP contribution in [-0.2, 0) is 106 Å². The molecule has 1 aromatic rings. The number of aliphatic hydroxyl groups excluding tert-OH is 4. The van der Waals surface area contributed by atoms with E-state index >= 15 is 0 Å². The number of likely N-dealkylation sites (tertiary alicyclic amines) is 1. The fourth-order valence-corrected chi connectivity index (χ4v) is 12.0. The Kier molecular flexibility index (Phi) is 55.6. The van der Waals surface area contributed by atoms with Crippen molar-refractivity contribution in [1.29, 1.82) is 0 Å². The van der Waals surface area contributed by atoms with Gasteiger partial charge in [-0.05, 0) is 95.7 Å². The van der Waals surface area contributed by atoms with Gasteiger partial charge in [0.25, 0.3) is 0 Å². The van der Waals surface area contributed by atoms with Gasteiger partial charge in [-0.2, -0.15) is 0 Å². The van der Waals surface area contributed by atoms with Crippen LogP contribution in [0.5, 0.6) is 0 Å². The van der Waals surface area contributed by atoms with Gasteiger partial charge in [-0.15, -0.1) is 0 Å². The molecule has 0 radical (unpaired) electrons. The van der Waals surface area contributed by atoms with Crippen molar-refractivity contribution in [3.8, 4) is 0 Å². The van der Waals surface area contributed by atoms with E-state index in [9.17, 15) is 53.1 Å². The Morgan fingerprint density at radius 3 is 1.55 bits per heavy atom. The van der Waals surface area contributed by atoms with Crippen LogP contribution in [0.2, 0.25) is 0 Å². The lowest BCUT2D eigenvalue weighted by Gasteiger charge is -2.41. The number of hydrogen-bond donors (Lipinski definition) is 9. The van der Waals surface area contributed by atoms with Crippen LogP contribution in [-0.4, -0.2) is 301 Å². The molecule has 1 heterocycles. The standard InChI is InChI=1S/C58H99N7O15.C12H22O7.C7H16O4/c1-16-38(7)52(64(12)57(73)50(36(3)4)62-56(72)51(37(5)6)63(10)11)45(75-13)33-47(68)65-30-22-26-44(65)53(77-15)39(8)54(70)61-43(32-41-24-19-18-20-25-41)55(71)59-29-23-31-78-58(74)40(9)60-46(67)27-21-28-48(69)79-35-49(76-14)80-42(17-2)34-66;1-3-9(7-13)19-12(17-2)8-18-11(16)6-4-5-10(14)15;1-3-6(4-8)11-7(5-9)10-2/h18-20,24-25,36-40,42-45,49-53,66H,16-17,21-23,26-35H2,1-15H3,(H,59,71)(H,60,67)(H,61,70)(H,62,72);9,12-13H,3-8H2,1-2H3,(H,14,15);6-9H,3-5H2,1-2H3/t38-,39+,40?,42?,43-,44-,45+,49?,50-,51-,52-,53+;;/m0../s1. The minimum absolute atomic E-state index is 0.00492. The van der Waals surface area contributed by atoms with Crippen LogP contribution in [0.25, 0.3) is 0 Å². The number of nitrogens with zero attached hydrogens (tertiary/aromatic N) is 3. The van der Waals surface area contributed by atoms with E-state index in [1.807, 2.05) is 112 Å². The first kappa shape index (κ1) is 103. The van der Waals surface area contributed by atoms with Gasteiger partial charge in [0.05, 0.1) is 94.0 Å². The Hall–Kier alpha value is -6.60. The fraction of sp³-hybridized carbons (Fsp3) is 0.792. The van der Waals surface area contributed by atoms with Crippen molar-refractivity contribution in [3.05, 3.63) is 35.9 Å². The van der Waals surface area contributed by atoms with Crippen LogP contribution in [0.15, 0.2) is 30.3 Å². The number of aliphatic carboxylic acids is 1. The second-order valence-electron chi connectivity index (χ2n) is 28.0. The highest BCUT2D eigenvalue weighted by molar-refractivity contribution is 5.91. The number of amides is 6. The van der Waals surface area contributed by atoms with Gasteiger partial charge in [0.15, 0.2) is 18.9 Å². The summed E-state index contributed by atoms with van der Waals surface area (Å²) in [6.45, 7) is 20.1. The number of ether oxygens (including phenoxy) is 11. The summed E-state index contributed by atoms with van der Waals surface area (Å²) in [5.41, 5.74) is 0.802. The van der Waals surface area contributed by atoms with Crippen LogP contribution < -0.4 is 21.3 Å². The maximum atomic E-state index is 14.5. The second-order valence-corrected chi connectivity index (χ2v) is 28.0. The number of nitrogens with one attached hydrogen (secondary N) is 4.